The molecule has 0 unspecified atom stereocenters. The van der Waals surface area contributed by atoms with Gasteiger partial charge < -0.3 is 0 Å². The van der Waals surface area contributed by atoms with Crippen molar-refractivity contribution in [2.75, 3.05) is 6.61 Å². The van der Waals surface area contributed by atoms with Crippen molar-refractivity contribution in [1.29, 1.82) is 0 Å². The van der Waals surface area contributed by atoms with Crippen molar-refractivity contribution in [3.8, 4) is 0 Å². The molecule has 1 atom stereocenters. The molecule has 0 fully saturated rings. The Bertz CT molecular complexity index is 30.0. The van der Waals surface area contributed by atoms with Crippen molar-refractivity contribution in [2.45, 2.75) is 11.4 Å². The summed E-state index contributed by atoms with van der Waals surface area (Å²) in [6.07, 6.45) is 0. The second kappa shape index (κ2) is 3.62. The average molecular weight is 154 g/mol. The molecule has 0 heterocycles. The zero-order chi connectivity index (χ0) is 4.99. The molecule has 0 aliphatic rings. The minimum absolute atomic E-state index is 0.0370. The third-order valence-electron chi connectivity index (χ3n) is 0.469. The van der Waals surface area contributed by atoms with Crippen molar-refractivity contribution >= 4 is 16.0 Å². The van der Waals surface area contributed by atoms with Gasteiger partial charge in [0.1, 0.15) is 0 Å². The molecule has 0 amide bonds. The van der Waals surface area contributed by atoms with Crippen LogP contribution in [0.15, 0.2) is 0 Å². The Kier molecular flexibility index (Phi) is 3.89. The molecule has 0 saturated carbocycles. The van der Waals surface area contributed by atoms with Crippen LogP contribution in [0.1, 0.15) is 0 Å². The van der Waals surface area contributed by atoms with Gasteiger partial charge >= 0.3 is 44.8 Å². The normalized spacial score (nSPS) is 14.5. The molecular formula is C3H9NOSe. The molecule has 2 nitrogen and oxygen atoms in total. The van der Waals surface area contributed by atoms with Crippen molar-refractivity contribution in [3.63, 3.8) is 0 Å². The van der Waals surface area contributed by atoms with Gasteiger partial charge in [0.05, 0.1) is 0 Å². The van der Waals surface area contributed by atoms with E-state index >= 15 is 0 Å². The molecule has 0 aromatic rings. The van der Waals surface area contributed by atoms with Crippen LogP contribution in [-0.2, 0) is 0 Å². The van der Waals surface area contributed by atoms with Gasteiger partial charge in [-0.05, 0) is 0 Å². The van der Waals surface area contributed by atoms with Gasteiger partial charge in [-0.2, -0.15) is 0 Å². The quantitative estimate of drug-likeness (QED) is 0.482. The molecule has 0 aromatic carbocycles. The average Bonchev–Trinajstić information content (AvgIpc) is 1.65. The molecule has 0 saturated heterocycles. The zero-order valence-corrected chi connectivity index (χ0v) is 5.34. The van der Waals surface area contributed by atoms with Crippen LogP contribution in [0.4, 0.5) is 0 Å². The molecule has 0 radical (unpaired) electrons. The summed E-state index contributed by atoms with van der Waals surface area (Å²) in [6, 6.07) is -0.0370. The number of hydrogen-bond donors (Lipinski definition) is 2. The molecule has 0 aromatic heterocycles. The Labute approximate surface area is 45.5 Å². The van der Waals surface area contributed by atoms with Crippen LogP contribution in [-0.4, -0.2) is 33.8 Å². The van der Waals surface area contributed by atoms with Crippen molar-refractivity contribution in [2.24, 2.45) is 5.73 Å². The maximum atomic E-state index is 8.20. The van der Waals surface area contributed by atoms with Gasteiger partial charge in [0.25, 0.3) is 0 Å². The molecule has 6 heavy (non-hydrogen) atoms. The molecule has 0 aliphatic heterocycles. The van der Waals surface area contributed by atoms with Crippen LogP contribution in [0.2, 0.25) is 5.32 Å². The van der Waals surface area contributed by atoms with Crippen LogP contribution in [0, 0.1) is 0 Å². The number of aliphatic hydroxyl groups excluding tert-OH is 1. The molecule has 0 spiro atoms. The topological polar surface area (TPSA) is 46.2 Å². The SMILES string of the molecule is N[C@H](CO)C[SeH]. The third kappa shape index (κ3) is 2.66. The fourth-order valence-corrected chi connectivity index (χ4v) is 0.300. The summed E-state index contributed by atoms with van der Waals surface area (Å²) in [5.41, 5.74) is 5.21. The standard InChI is InChI=1S/C3H9NOSe/c4-3(1-5)2-6/h3,5-6H,1-2,4H2/t3-/m1/s1. The monoisotopic (exact) mass is 155 g/mol. The molecule has 3 N–H and O–H groups in total. The van der Waals surface area contributed by atoms with Crippen molar-refractivity contribution in [1.82, 2.24) is 0 Å². The molecule has 3 heteroatoms. The van der Waals surface area contributed by atoms with E-state index in [-0.39, 0.29) is 12.6 Å². The minimum atomic E-state index is -0.0370. The first-order valence-electron chi connectivity index (χ1n) is 1.78. The van der Waals surface area contributed by atoms with Gasteiger partial charge in [0.15, 0.2) is 0 Å². The fourth-order valence-electron chi connectivity index (χ4n) is 0.0577. The Balaban J connectivity index is 2.75. The van der Waals surface area contributed by atoms with Crippen molar-refractivity contribution < 1.29 is 5.11 Å². The van der Waals surface area contributed by atoms with Gasteiger partial charge in [-0.15, -0.1) is 0 Å². The summed E-state index contributed by atoms with van der Waals surface area (Å²) in [7, 11) is 0. The Morgan fingerprint density at radius 2 is 2.33 bits per heavy atom. The van der Waals surface area contributed by atoms with Gasteiger partial charge in [-0.1, -0.05) is 0 Å². The number of rotatable bonds is 2. The van der Waals surface area contributed by atoms with E-state index < -0.39 is 0 Å². The second-order valence-corrected chi connectivity index (χ2v) is 1.89. The maximum absolute atomic E-state index is 8.20. The summed E-state index contributed by atoms with van der Waals surface area (Å²) in [5.74, 6) is 0. The van der Waals surface area contributed by atoms with Gasteiger partial charge in [0.2, 0.25) is 0 Å². The van der Waals surface area contributed by atoms with E-state index in [1.807, 2.05) is 0 Å². The number of hydrogen-bond acceptors (Lipinski definition) is 2. The third-order valence-corrected chi connectivity index (χ3v) is 1.45. The predicted octanol–water partition coefficient (Wildman–Crippen LogP) is -1.37. The number of aliphatic hydroxyl groups is 1. The zero-order valence-electron chi connectivity index (χ0n) is 3.46. The van der Waals surface area contributed by atoms with E-state index in [1.165, 1.54) is 0 Å². The summed E-state index contributed by atoms with van der Waals surface area (Å²) in [4.78, 5) is 0. The van der Waals surface area contributed by atoms with E-state index in [2.05, 4.69) is 16.0 Å². The van der Waals surface area contributed by atoms with Crippen LogP contribution in [0.5, 0.6) is 0 Å². The molecule has 0 bridgehead atoms. The Hall–Kier alpha value is 0.439. The summed E-state index contributed by atoms with van der Waals surface area (Å²) in [5, 5.41) is 8.99. The summed E-state index contributed by atoms with van der Waals surface area (Å²) in [6.45, 7) is 0.0920. The molecule has 0 aliphatic carbocycles. The van der Waals surface area contributed by atoms with Crippen LogP contribution in [0.25, 0.3) is 0 Å². The first kappa shape index (κ1) is 6.44. The molecule has 38 valence electrons. The van der Waals surface area contributed by atoms with Crippen LogP contribution < -0.4 is 5.73 Å². The van der Waals surface area contributed by atoms with Crippen LogP contribution >= 0.6 is 0 Å². The summed E-state index contributed by atoms with van der Waals surface area (Å²) >= 11 is 2.33. The van der Waals surface area contributed by atoms with Gasteiger partial charge in [0, 0.05) is 0 Å². The van der Waals surface area contributed by atoms with E-state index in [0.29, 0.717) is 0 Å². The Morgan fingerprint density at radius 3 is 2.33 bits per heavy atom. The van der Waals surface area contributed by atoms with Crippen LogP contribution in [0.3, 0.4) is 0 Å². The Morgan fingerprint density at radius 1 is 1.83 bits per heavy atom. The first-order valence-corrected chi connectivity index (χ1v) is 3.11. The second-order valence-electron chi connectivity index (χ2n) is 1.13. The van der Waals surface area contributed by atoms with E-state index in [9.17, 15) is 0 Å². The molecular weight excluding hydrogens is 145 g/mol. The van der Waals surface area contributed by atoms with E-state index in [4.69, 9.17) is 10.8 Å². The van der Waals surface area contributed by atoms with E-state index in [0.717, 1.165) is 5.32 Å². The van der Waals surface area contributed by atoms with Crippen molar-refractivity contribution in [3.05, 3.63) is 0 Å². The number of nitrogens with two attached hydrogens (primary N) is 1. The fraction of sp³-hybridized carbons (Fsp3) is 1.00. The predicted molar refractivity (Wildman–Crippen MR) is 27.0 cm³/mol. The summed E-state index contributed by atoms with van der Waals surface area (Å²) < 4.78 is 0. The molecule has 0 rings (SSSR count). The van der Waals surface area contributed by atoms with Gasteiger partial charge in [-0.3, -0.25) is 0 Å². The van der Waals surface area contributed by atoms with E-state index in [1.54, 1.807) is 0 Å². The van der Waals surface area contributed by atoms with Gasteiger partial charge in [-0.25, -0.2) is 0 Å². The first-order chi connectivity index (χ1) is 2.81.